The van der Waals surface area contributed by atoms with Crippen molar-refractivity contribution in [2.24, 2.45) is 0 Å². The number of anilines is 1. The quantitative estimate of drug-likeness (QED) is 0.667. The van der Waals surface area contributed by atoms with Gasteiger partial charge in [-0.25, -0.2) is 13.1 Å². The van der Waals surface area contributed by atoms with Crippen LogP contribution in [0, 0.1) is 6.92 Å². The highest BCUT2D eigenvalue weighted by Gasteiger charge is 2.33. The number of amides is 1. The lowest BCUT2D eigenvalue weighted by atomic mass is 10.2. The fraction of sp³-hybridized carbons (Fsp3) is 0.158. The number of hydrogen-bond acceptors (Lipinski definition) is 4. The molecule has 8 heteroatoms. The number of nitrogens with zero attached hydrogens (tertiary/aromatic N) is 2. The molecule has 138 valence electrons. The lowest BCUT2D eigenvalue weighted by Crippen LogP contribution is -2.17. The van der Waals surface area contributed by atoms with E-state index in [0.717, 1.165) is 15.7 Å². The average molecular weight is 446 g/mol. The Morgan fingerprint density at radius 3 is 2.67 bits per heavy atom. The average Bonchev–Trinajstić information content (AvgIpc) is 3.08. The number of para-hydroxylation sites is 1. The Morgan fingerprint density at radius 2 is 1.93 bits per heavy atom. The van der Waals surface area contributed by atoms with Gasteiger partial charge in [-0.1, -0.05) is 40.2 Å². The SMILES string of the molecule is Cc1ccccc1-n1nc2c(c1NC(=O)c1cccc(Br)c1)CS(=O)(=O)C2. The number of aryl methyl sites for hydroxylation is 1. The highest BCUT2D eigenvalue weighted by atomic mass is 79.9. The van der Waals surface area contributed by atoms with Crippen LogP contribution in [0.15, 0.2) is 53.0 Å². The van der Waals surface area contributed by atoms with Gasteiger partial charge in [0.05, 0.1) is 22.9 Å². The predicted molar refractivity (Wildman–Crippen MR) is 107 cm³/mol. The van der Waals surface area contributed by atoms with E-state index in [1.807, 2.05) is 37.3 Å². The molecule has 1 aliphatic rings. The number of halogens is 1. The third-order valence-corrected chi connectivity index (χ3v) is 6.38. The molecule has 0 aliphatic carbocycles. The van der Waals surface area contributed by atoms with Crippen LogP contribution in [0.5, 0.6) is 0 Å². The van der Waals surface area contributed by atoms with E-state index in [-0.39, 0.29) is 17.4 Å². The van der Waals surface area contributed by atoms with Gasteiger partial charge < -0.3 is 5.32 Å². The molecule has 2 heterocycles. The molecule has 1 amide bonds. The minimum Gasteiger partial charge on any atom is -0.306 e. The standard InChI is InChI=1S/C19H16BrN3O3S/c1-12-5-2-3-8-17(12)23-18(15-10-27(25,26)11-16(15)22-23)21-19(24)13-6-4-7-14(20)9-13/h2-9H,10-11H2,1H3,(H,21,24). The van der Waals surface area contributed by atoms with Gasteiger partial charge in [0.25, 0.3) is 5.91 Å². The maximum Gasteiger partial charge on any atom is 0.256 e. The first-order valence-electron chi connectivity index (χ1n) is 8.28. The van der Waals surface area contributed by atoms with E-state index in [1.54, 1.807) is 22.9 Å². The third-order valence-electron chi connectivity index (χ3n) is 4.45. The van der Waals surface area contributed by atoms with Gasteiger partial charge >= 0.3 is 0 Å². The number of benzene rings is 2. The van der Waals surface area contributed by atoms with Crippen LogP contribution in [0.3, 0.4) is 0 Å². The number of carbonyl (C=O) groups is 1. The van der Waals surface area contributed by atoms with Crippen LogP contribution in [0.1, 0.15) is 27.2 Å². The second-order valence-corrected chi connectivity index (χ2v) is 9.45. The van der Waals surface area contributed by atoms with Gasteiger partial charge in [0.1, 0.15) is 5.82 Å². The van der Waals surface area contributed by atoms with Crippen molar-refractivity contribution < 1.29 is 13.2 Å². The highest BCUT2D eigenvalue weighted by Crippen LogP contribution is 2.33. The lowest BCUT2D eigenvalue weighted by Gasteiger charge is -2.13. The second-order valence-electron chi connectivity index (χ2n) is 6.47. The van der Waals surface area contributed by atoms with Crippen LogP contribution in [0.25, 0.3) is 5.69 Å². The monoisotopic (exact) mass is 445 g/mol. The number of sulfone groups is 1. The Labute approximate surface area is 165 Å². The summed E-state index contributed by atoms with van der Waals surface area (Å²) >= 11 is 3.36. The van der Waals surface area contributed by atoms with Crippen molar-refractivity contribution in [3.63, 3.8) is 0 Å². The number of hydrogen-bond donors (Lipinski definition) is 1. The molecule has 3 aromatic rings. The Kier molecular flexibility index (Phi) is 4.39. The van der Waals surface area contributed by atoms with E-state index in [1.165, 1.54) is 0 Å². The van der Waals surface area contributed by atoms with Gasteiger partial charge in [0.15, 0.2) is 9.84 Å². The minimum atomic E-state index is -3.24. The van der Waals surface area contributed by atoms with Crippen molar-refractivity contribution in [2.45, 2.75) is 18.4 Å². The van der Waals surface area contributed by atoms with Crippen LogP contribution >= 0.6 is 15.9 Å². The van der Waals surface area contributed by atoms with Crippen molar-refractivity contribution >= 4 is 37.5 Å². The number of rotatable bonds is 3. The highest BCUT2D eigenvalue weighted by molar-refractivity contribution is 9.10. The summed E-state index contributed by atoms with van der Waals surface area (Å²) in [6, 6.07) is 14.6. The summed E-state index contributed by atoms with van der Waals surface area (Å²) in [5.41, 5.74) is 3.29. The Balaban J connectivity index is 1.81. The zero-order valence-corrected chi connectivity index (χ0v) is 16.8. The molecule has 0 saturated carbocycles. The van der Waals surface area contributed by atoms with Crippen LogP contribution in [0.2, 0.25) is 0 Å². The van der Waals surface area contributed by atoms with E-state index in [0.29, 0.717) is 22.6 Å². The molecule has 1 aromatic heterocycles. The maximum absolute atomic E-state index is 12.8. The first-order chi connectivity index (χ1) is 12.8. The molecule has 1 N–H and O–H groups in total. The molecular formula is C19H16BrN3O3S. The molecular weight excluding hydrogens is 430 g/mol. The Hall–Kier alpha value is -2.45. The van der Waals surface area contributed by atoms with Crippen molar-refractivity contribution in [3.8, 4) is 5.69 Å². The van der Waals surface area contributed by atoms with Crippen LogP contribution in [-0.2, 0) is 21.3 Å². The number of aromatic nitrogens is 2. The summed E-state index contributed by atoms with van der Waals surface area (Å²) in [6.45, 7) is 1.94. The summed E-state index contributed by atoms with van der Waals surface area (Å²) in [7, 11) is -3.24. The lowest BCUT2D eigenvalue weighted by molar-refractivity contribution is 0.102. The molecule has 1 aliphatic heterocycles. The molecule has 0 saturated heterocycles. The second kappa shape index (κ2) is 6.61. The summed E-state index contributed by atoms with van der Waals surface area (Å²) in [6.07, 6.45) is 0. The van der Waals surface area contributed by atoms with Gasteiger partial charge in [0.2, 0.25) is 0 Å². The Bertz CT molecular complexity index is 1170. The van der Waals surface area contributed by atoms with E-state index in [2.05, 4.69) is 26.3 Å². The van der Waals surface area contributed by atoms with Gasteiger partial charge in [-0.15, -0.1) is 0 Å². The smallest absolute Gasteiger partial charge is 0.256 e. The predicted octanol–water partition coefficient (Wildman–Crippen LogP) is 3.62. The van der Waals surface area contributed by atoms with E-state index in [4.69, 9.17) is 0 Å². The maximum atomic E-state index is 12.8. The molecule has 0 fully saturated rings. The fourth-order valence-corrected chi connectivity index (χ4v) is 5.05. The number of fused-ring (bicyclic) bond motifs is 1. The number of carbonyl (C=O) groups excluding carboxylic acids is 1. The van der Waals surface area contributed by atoms with Gasteiger partial charge in [-0.3, -0.25) is 4.79 Å². The Morgan fingerprint density at radius 1 is 1.15 bits per heavy atom. The first-order valence-corrected chi connectivity index (χ1v) is 10.9. The normalized spacial score (nSPS) is 14.7. The minimum absolute atomic E-state index is 0.110. The third kappa shape index (κ3) is 3.42. The molecule has 27 heavy (non-hydrogen) atoms. The van der Waals surface area contributed by atoms with Crippen LogP contribution in [0.4, 0.5) is 5.82 Å². The fourth-order valence-electron chi connectivity index (χ4n) is 3.16. The summed E-state index contributed by atoms with van der Waals surface area (Å²) in [4.78, 5) is 12.8. The van der Waals surface area contributed by atoms with Crippen molar-refractivity contribution in [3.05, 3.63) is 75.4 Å². The zero-order chi connectivity index (χ0) is 19.2. The summed E-state index contributed by atoms with van der Waals surface area (Å²) < 4.78 is 26.5. The van der Waals surface area contributed by atoms with Crippen LogP contribution < -0.4 is 5.32 Å². The van der Waals surface area contributed by atoms with Crippen molar-refractivity contribution in [1.82, 2.24) is 9.78 Å². The van der Waals surface area contributed by atoms with E-state index < -0.39 is 9.84 Å². The molecule has 0 atom stereocenters. The van der Waals surface area contributed by atoms with Gasteiger partial charge in [-0.05, 0) is 36.8 Å². The topological polar surface area (TPSA) is 81.1 Å². The van der Waals surface area contributed by atoms with Crippen molar-refractivity contribution in [2.75, 3.05) is 5.32 Å². The van der Waals surface area contributed by atoms with Gasteiger partial charge in [0, 0.05) is 15.6 Å². The number of nitrogens with one attached hydrogen (secondary N) is 1. The molecule has 0 radical (unpaired) electrons. The molecule has 4 rings (SSSR count). The summed E-state index contributed by atoms with van der Waals surface area (Å²) in [5, 5.41) is 7.37. The molecule has 0 unspecified atom stereocenters. The van der Waals surface area contributed by atoms with E-state index >= 15 is 0 Å². The molecule has 6 nitrogen and oxygen atoms in total. The largest absolute Gasteiger partial charge is 0.306 e. The zero-order valence-electron chi connectivity index (χ0n) is 14.4. The summed E-state index contributed by atoms with van der Waals surface area (Å²) in [5.74, 6) is -0.146. The molecule has 2 aromatic carbocycles. The van der Waals surface area contributed by atoms with Gasteiger partial charge in [-0.2, -0.15) is 5.10 Å². The van der Waals surface area contributed by atoms with Crippen LogP contribution in [-0.4, -0.2) is 24.1 Å². The molecule has 0 spiro atoms. The van der Waals surface area contributed by atoms with Crippen molar-refractivity contribution in [1.29, 1.82) is 0 Å². The first kappa shape index (κ1) is 17.9. The van der Waals surface area contributed by atoms with E-state index in [9.17, 15) is 13.2 Å². The molecule has 0 bridgehead atoms.